The molecule has 332 valence electrons. The lowest BCUT2D eigenvalue weighted by Gasteiger charge is -2.15. The molecule has 2 saturated carbocycles. The quantitative estimate of drug-likeness (QED) is 0.143. The van der Waals surface area contributed by atoms with Crippen LogP contribution in [0.2, 0.25) is 0 Å². The summed E-state index contributed by atoms with van der Waals surface area (Å²) < 4.78 is 52.6. The Bertz CT molecular complexity index is 3140. The maximum Gasteiger partial charge on any atom is 0.267 e. The van der Waals surface area contributed by atoms with E-state index < -0.39 is 26.0 Å². The fraction of sp³-hybridized carbons (Fsp3) is 0.304. The zero-order valence-corrected chi connectivity index (χ0v) is 37.4. The molecule has 16 nitrogen and oxygen atoms in total. The van der Waals surface area contributed by atoms with Crippen molar-refractivity contribution in [1.82, 2.24) is 34.3 Å². The predicted molar refractivity (Wildman–Crippen MR) is 239 cm³/mol. The van der Waals surface area contributed by atoms with Crippen LogP contribution in [0.25, 0.3) is 22.3 Å². The summed E-state index contributed by atoms with van der Waals surface area (Å²) in [4.78, 5) is 32.4. The Kier molecular flexibility index (Phi) is 13.1. The summed E-state index contributed by atoms with van der Waals surface area (Å²) in [5, 5.41) is 30.8. The van der Waals surface area contributed by atoms with Crippen molar-refractivity contribution in [3.8, 4) is 34.4 Å². The van der Waals surface area contributed by atoms with Gasteiger partial charge in [0.25, 0.3) is 10.0 Å². The molecule has 6 aromatic rings. The number of amides is 1. The number of nitrogens with zero attached hydrogens (tertiary/aromatic N) is 8. The molecule has 0 atom stereocenters. The number of halogens is 1. The van der Waals surface area contributed by atoms with E-state index in [1.165, 1.54) is 41.5 Å². The molecule has 4 aromatic heterocycles. The zero-order valence-electron chi connectivity index (χ0n) is 35.0. The average Bonchev–Trinajstić information content (AvgIpc) is 4.00. The Morgan fingerprint density at radius 2 is 1.18 bits per heavy atom. The number of benzene rings is 2. The van der Waals surface area contributed by atoms with Crippen LogP contribution >= 0.6 is 11.6 Å². The molecule has 4 aliphatic carbocycles. The van der Waals surface area contributed by atoms with Crippen LogP contribution in [0.3, 0.4) is 0 Å². The molecule has 3 N–H and O–H groups in total. The van der Waals surface area contributed by atoms with Crippen LogP contribution in [-0.4, -0.2) is 57.5 Å². The molecule has 19 heteroatoms. The van der Waals surface area contributed by atoms with Gasteiger partial charge in [-0.25, -0.2) is 36.7 Å². The molecule has 0 saturated heterocycles. The number of sulfonamides is 2. The Labute approximate surface area is 381 Å². The van der Waals surface area contributed by atoms with Crippen molar-refractivity contribution < 1.29 is 26.4 Å². The van der Waals surface area contributed by atoms with Gasteiger partial charge in [0.1, 0.15) is 33.3 Å². The van der Waals surface area contributed by atoms with Crippen LogP contribution in [0.15, 0.2) is 95.5 Å². The normalized spacial score (nSPS) is 15.0. The second-order valence-corrected chi connectivity index (χ2v) is 20.0. The number of carbonyl (C=O) groups excluding carboxylic acids is 2. The number of rotatable bonds is 11. The van der Waals surface area contributed by atoms with E-state index in [9.17, 15) is 31.7 Å². The highest BCUT2D eigenvalue weighted by Gasteiger charge is 2.29. The molecule has 0 spiro atoms. The van der Waals surface area contributed by atoms with Crippen molar-refractivity contribution in [2.45, 2.75) is 98.9 Å². The summed E-state index contributed by atoms with van der Waals surface area (Å²) in [6.07, 6.45) is 18.9. The number of hydrogen-bond acceptors (Lipinski definition) is 12. The number of primary sulfonamides is 1. The predicted octanol–water partition coefficient (Wildman–Crippen LogP) is 5.97. The number of nitrogens with two attached hydrogens (primary N) is 1. The van der Waals surface area contributed by atoms with Gasteiger partial charge in [0.05, 0.1) is 30.9 Å². The zero-order chi connectivity index (χ0) is 45.9. The summed E-state index contributed by atoms with van der Waals surface area (Å²) in [5.74, 6) is -0.597. The van der Waals surface area contributed by atoms with Gasteiger partial charge in [-0.05, 0) is 156 Å². The molecule has 65 heavy (non-hydrogen) atoms. The van der Waals surface area contributed by atoms with Crippen molar-refractivity contribution in [3.05, 3.63) is 130 Å². The van der Waals surface area contributed by atoms with Crippen molar-refractivity contribution in [2.75, 3.05) is 0 Å². The maximum absolute atomic E-state index is 12.9. The van der Waals surface area contributed by atoms with Gasteiger partial charge in [-0.15, -0.1) is 0 Å². The first-order chi connectivity index (χ1) is 31.2. The van der Waals surface area contributed by atoms with Crippen LogP contribution in [0.1, 0.15) is 95.4 Å². The second kappa shape index (κ2) is 18.9. The molecule has 10 rings (SSSR count). The minimum atomic E-state index is -4.00. The first-order valence-corrected chi connectivity index (χ1v) is 24.5. The van der Waals surface area contributed by atoms with Gasteiger partial charge in [0.15, 0.2) is 0 Å². The number of nitriles is 2. The van der Waals surface area contributed by atoms with Gasteiger partial charge in [0.2, 0.25) is 21.2 Å². The van der Waals surface area contributed by atoms with Crippen LogP contribution in [0.5, 0.6) is 0 Å². The van der Waals surface area contributed by atoms with Gasteiger partial charge in [-0.2, -0.15) is 20.7 Å². The van der Waals surface area contributed by atoms with E-state index in [-0.39, 0.29) is 39.6 Å². The number of aryl methyl sites for hydroxylation is 2. The minimum absolute atomic E-state index is 0.0101. The molecule has 0 unspecified atom stereocenters. The minimum Gasteiger partial charge on any atom is -0.281 e. The Morgan fingerprint density at radius 3 is 1.63 bits per heavy atom. The monoisotopic (exact) mass is 930 g/mol. The molecule has 2 aromatic carbocycles. The van der Waals surface area contributed by atoms with E-state index in [1.54, 1.807) is 40.0 Å². The molecule has 0 aliphatic heterocycles. The van der Waals surface area contributed by atoms with E-state index in [0.717, 1.165) is 103 Å². The number of nitrogens with one attached hydrogen (secondary N) is 1. The Morgan fingerprint density at radius 1 is 0.708 bits per heavy atom. The van der Waals surface area contributed by atoms with E-state index >= 15 is 0 Å². The molecule has 0 radical (unpaired) electrons. The van der Waals surface area contributed by atoms with Crippen molar-refractivity contribution >= 4 is 42.8 Å². The summed E-state index contributed by atoms with van der Waals surface area (Å²) in [7, 11) is -7.57. The third-order valence-electron chi connectivity index (χ3n) is 11.7. The van der Waals surface area contributed by atoms with Crippen LogP contribution < -0.4 is 9.86 Å². The SMILES string of the molecule is N#Cc1cc(-c2ccc3c(c2CC(=O)Cl)CCC3)ccn1.N#Cc1cc(-c2ccc3c(c2CC(=O)NS(=O)(=O)c2cnn(C4CC4)c2)CCC3)ccn1.NS(=O)(=O)c1cnn(C2CC2)c1. The van der Waals surface area contributed by atoms with Crippen LogP contribution in [-0.2, 0) is 68.2 Å². The number of fused-ring (bicyclic) bond motifs is 2. The third kappa shape index (κ3) is 10.7. The Hall–Kier alpha value is -6.57. The molecule has 2 fully saturated rings. The smallest absolute Gasteiger partial charge is 0.267 e. The second-order valence-electron chi connectivity index (χ2n) is 16.3. The lowest BCUT2D eigenvalue weighted by atomic mass is 9.91. The van der Waals surface area contributed by atoms with E-state index in [1.807, 2.05) is 30.3 Å². The third-order valence-corrected chi connectivity index (χ3v) is 14.0. The highest BCUT2D eigenvalue weighted by Crippen LogP contribution is 2.37. The van der Waals surface area contributed by atoms with Gasteiger partial charge in [0, 0.05) is 31.2 Å². The highest BCUT2D eigenvalue weighted by molar-refractivity contribution is 7.90. The molecular weight excluding hydrogens is 888 g/mol. The van der Waals surface area contributed by atoms with E-state index in [2.05, 4.69) is 37.0 Å². The van der Waals surface area contributed by atoms with Gasteiger partial charge < -0.3 is 0 Å². The van der Waals surface area contributed by atoms with Gasteiger partial charge in [-0.1, -0.05) is 24.3 Å². The molecule has 1 amide bonds. The maximum atomic E-state index is 12.9. The average molecular weight is 932 g/mol. The summed E-state index contributed by atoms with van der Waals surface area (Å²) in [5.41, 5.74) is 10.8. The summed E-state index contributed by atoms with van der Waals surface area (Å²) >= 11 is 5.63. The number of pyridine rings is 2. The fourth-order valence-corrected chi connectivity index (χ4v) is 9.80. The molecule has 0 bridgehead atoms. The number of aromatic nitrogens is 6. The topological polar surface area (TPSA) is 249 Å². The lowest BCUT2D eigenvalue weighted by molar-refractivity contribution is -0.118. The lowest BCUT2D eigenvalue weighted by Crippen LogP contribution is -2.32. The molecule has 4 heterocycles. The molecular formula is C46H43ClN10O6S2. The summed E-state index contributed by atoms with van der Waals surface area (Å²) in [6.45, 7) is 0. The Balaban J connectivity index is 0.000000149. The van der Waals surface area contributed by atoms with Crippen LogP contribution in [0.4, 0.5) is 0 Å². The standard InChI is InChI=1S/C23H21N5O3S.C17H13ClN2O.C6H9N3O2S/c24-12-17-10-16(8-9-25-17)21-7-4-15-2-1-3-20(15)22(21)11-23(29)27-32(30,31)19-13-26-28(14-19)18-5-6-18;18-17(21)9-16-14-3-1-2-11(14)4-5-15(16)12-6-7-20-13(8-12)10-19;7-12(10,11)6-3-8-9(4-6)5-1-2-5/h4,7-10,13-14,18H,1-3,5-6,11H2,(H,27,29);4-8H,1-3,9H2;3-5H,1-2H2,(H2,7,10,11). The van der Waals surface area contributed by atoms with Crippen molar-refractivity contribution in [2.24, 2.45) is 5.14 Å². The van der Waals surface area contributed by atoms with E-state index in [4.69, 9.17) is 22.0 Å². The summed E-state index contributed by atoms with van der Waals surface area (Å²) in [6, 6.07) is 19.9. The van der Waals surface area contributed by atoms with E-state index in [0.29, 0.717) is 11.7 Å². The fourth-order valence-electron chi connectivity index (χ4n) is 8.30. The van der Waals surface area contributed by atoms with Crippen molar-refractivity contribution in [3.63, 3.8) is 0 Å². The van der Waals surface area contributed by atoms with Crippen LogP contribution in [0, 0.1) is 22.7 Å². The number of carbonyl (C=O) groups is 2. The van der Waals surface area contributed by atoms with Gasteiger partial charge >= 0.3 is 0 Å². The van der Waals surface area contributed by atoms with Gasteiger partial charge in [-0.3, -0.25) is 19.0 Å². The number of hydrogen-bond donors (Lipinski definition) is 2. The van der Waals surface area contributed by atoms with Crippen molar-refractivity contribution in [1.29, 1.82) is 10.5 Å². The first-order valence-electron chi connectivity index (χ1n) is 21.1. The molecule has 4 aliphatic rings. The largest absolute Gasteiger partial charge is 0.281 e. The first kappa shape index (κ1) is 45.0. The highest BCUT2D eigenvalue weighted by atomic mass is 35.5.